The Kier molecular flexibility index (Phi) is 7.38. The highest BCUT2D eigenvalue weighted by Crippen LogP contribution is 2.24. The number of amides is 1. The molecule has 1 fully saturated rings. The molecule has 1 aliphatic rings. The normalized spacial score (nSPS) is 15.3. The van der Waals surface area contributed by atoms with Gasteiger partial charge in [-0.15, -0.1) is 11.8 Å². The summed E-state index contributed by atoms with van der Waals surface area (Å²) < 4.78 is 27.1. The average Bonchev–Trinajstić information content (AvgIpc) is 3.50. The Morgan fingerprint density at radius 3 is 2.28 bits per heavy atom. The average molecular weight is 433 g/mol. The summed E-state index contributed by atoms with van der Waals surface area (Å²) in [5.41, 5.74) is 2.08. The Morgan fingerprint density at radius 1 is 1.03 bits per heavy atom. The number of nitrogens with one attached hydrogen (secondary N) is 2. The summed E-state index contributed by atoms with van der Waals surface area (Å²) in [6.45, 7) is 4.48. The van der Waals surface area contributed by atoms with E-state index >= 15 is 0 Å². The molecular formula is C22H28N2O3S2. The lowest BCUT2D eigenvalue weighted by atomic mass is 10.1. The van der Waals surface area contributed by atoms with Gasteiger partial charge in [0.1, 0.15) is 0 Å². The number of rotatable bonds is 10. The molecule has 0 aromatic heterocycles. The first kappa shape index (κ1) is 21.9. The Bertz CT molecular complexity index is 909. The van der Waals surface area contributed by atoms with E-state index in [1.165, 1.54) is 5.56 Å². The van der Waals surface area contributed by atoms with Crippen molar-refractivity contribution in [3.05, 3.63) is 65.7 Å². The lowest BCUT2D eigenvalue weighted by Crippen LogP contribution is -2.35. The molecule has 5 nitrogen and oxygen atoms in total. The molecule has 0 spiro atoms. The molecule has 1 unspecified atom stereocenters. The van der Waals surface area contributed by atoms with Gasteiger partial charge in [0.2, 0.25) is 15.9 Å². The Hall–Kier alpha value is -1.83. The molecule has 0 heterocycles. The van der Waals surface area contributed by atoms with Gasteiger partial charge in [0.25, 0.3) is 0 Å². The number of sulfonamides is 1. The second-order valence-electron chi connectivity index (χ2n) is 7.72. The molecule has 1 saturated carbocycles. The highest BCUT2D eigenvalue weighted by Gasteiger charge is 2.28. The minimum atomic E-state index is -3.44. The summed E-state index contributed by atoms with van der Waals surface area (Å²) in [6.07, 6.45) is 1.81. The molecule has 156 valence electrons. The van der Waals surface area contributed by atoms with Gasteiger partial charge in [-0.1, -0.05) is 56.3 Å². The van der Waals surface area contributed by atoms with Gasteiger partial charge in [0, 0.05) is 18.3 Å². The first-order valence-corrected chi connectivity index (χ1v) is 12.4. The van der Waals surface area contributed by atoms with E-state index in [9.17, 15) is 13.2 Å². The number of carbonyl (C=O) groups is 1. The molecule has 7 heteroatoms. The lowest BCUT2D eigenvalue weighted by Gasteiger charge is -2.20. The highest BCUT2D eigenvalue weighted by atomic mass is 32.2. The van der Waals surface area contributed by atoms with Crippen LogP contribution < -0.4 is 10.0 Å². The molecule has 0 saturated heterocycles. The van der Waals surface area contributed by atoms with Crippen LogP contribution in [0.25, 0.3) is 0 Å². The van der Waals surface area contributed by atoms with Gasteiger partial charge in [-0.3, -0.25) is 4.79 Å². The molecule has 29 heavy (non-hydrogen) atoms. The fourth-order valence-corrected chi connectivity index (χ4v) is 5.39. The van der Waals surface area contributed by atoms with Crippen molar-refractivity contribution in [1.29, 1.82) is 0 Å². The van der Waals surface area contributed by atoms with E-state index in [-0.39, 0.29) is 28.0 Å². The van der Waals surface area contributed by atoms with Crippen LogP contribution in [0.4, 0.5) is 0 Å². The smallest absolute Gasteiger partial charge is 0.240 e. The van der Waals surface area contributed by atoms with Crippen molar-refractivity contribution in [2.24, 2.45) is 5.92 Å². The third-order valence-corrected chi connectivity index (χ3v) is 7.89. The maximum atomic E-state index is 12.7. The minimum absolute atomic E-state index is 0.00743. The lowest BCUT2D eigenvalue weighted by molar-refractivity contribution is -0.121. The molecular weight excluding hydrogens is 404 g/mol. The third-order valence-electron chi connectivity index (χ3n) is 4.74. The summed E-state index contributed by atoms with van der Waals surface area (Å²) in [5, 5.41) is 2.85. The van der Waals surface area contributed by atoms with Crippen LogP contribution in [-0.2, 0) is 27.1 Å². The van der Waals surface area contributed by atoms with Crippen LogP contribution in [0.1, 0.15) is 37.8 Å². The van der Waals surface area contributed by atoms with Crippen LogP contribution >= 0.6 is 11.8 Å². The first-order chi connectivity index (χ1) is 13.8. The van der Waals surface area contributed by atoms with Gasteiger partial charge < -0.3 is 5.32 Å². The van der Waals surface area contributed by atoms with Crippen LogP contribution in [0.2, 0.25) is 0 Å². The van der Waals surface area contributed by atoms with Gasteiger partial charge >= 0.3 is 0 Å². The molecule has 3 rings (SSSR count). The van der Waals surface area contributed by atoms with E-state index < -0.39 is 10.0 Å². The van der Waals surface area contributed by atoms with Crippen LogP contribution in [-0.4, -0.2) is 25.6 Å². The first-order valence-electron chi connectivity index (χ1n) is 9.89. The summed E-state index contributed by atoms with van der Waals surface area (Å²) in [4.78, 5) is 13.0. The molecule has 2 N–H and O–H groups in total. The number of carbonyl (C=O) groups excluding carboxylic acids is 1. The SMILES string of the molecule is CC(C)C(SCc1ccccc1)C(=O)NCc1ccc(S(=O)(=O)NC2CC2)cc1. The predicted octanol–water partition coefficient (Wildman–Crippen LogP) is 3.70. The zero-order valence-corrected chi connectivity index (χ0v) is 18.4. The maximum absolute atomic E-state index is 12.7. The van der Waals surface area contributed by atoms with E-state index in [0.717, 1.165) is 24.2 Å². The van der Waals surface area contributed by atoms with Gasteiger partial charge in [0.05, 0.1) is 10.1 Å². The van der Waals surface area contributed by atoms with Crippen molar-refractivity contribution in [2.75, 3.05) is 0 Å². The largest absolute Gasteiger partial charge is 0.351 e. The van der Waals surface area contributed by atoms with Gasteiger partial charge in [-0.05, 0) is 42.0 Å². The van der Waals surface area contributed by atoms with Crippen molar-refractivity contribution in [3.8, 4) is 0 Å². The van der Waals surface area contributed by atoms with Gasteiger partial charge in [0.15, 0.2) is 0 Å². The number of benzene rings is 2. The highest BCUT2D eigenvalue weighted by molar-refractivity contribution is 7.99. The van der Waals surface area contributed by atoms with E-state index in [2.05, 4.69) is 36.0 Å². The predicted molar refractivity (Wildman–Crippen MR) is 118 cm³/mol. The van der Waals surface area contributed by atoms with Gasteiger partial charge in [-0.25, -0.2) is 13.1 Å². The molecule has 2 aromatic carbocycles. The topological polar surface area (TPSA) is 75.3 Å². The standard InChI is InChI=1S/C22H28N2O3S2/c1-16(2)21(28-15-18-6-4-3-5-7-18)22(25)23-14-17-8-12-20(13-9-17)29(26,27)24-19-10-11-19/h3-9,12-13,16,19,21,24H,10-11,14-15H2,1-2H3,(H,23,25). The molecule has 0 radical (unpaired) electrons. The van der Waals surface area contributed by atoms with Crippen LogP contribution in [0.5, 0.6) is 0 Å². The fourth-order valence-electron chi connectivity index (χ4n) is 2.90. The summed E-state index contributed by atoms with van der Waals surface area (Å²) in [5.74, 6) is 1.01. The van der Waals surface area contributed by atoms with Crippen molar-refractivity contribution < 1.29 is 13.2 Å². The molecule has 1 atom stereocenters. The van der Waals surface area contributed by atoms with E-state index in [0.29, 0.717) is 6.54 Å². The monoisotopic (exact) mass is 432 g/mol. The minimum Gasteiger partial charge on any atom is -0.351 e. The second kappa shape index (κ2) is 9.78. The maximum Gasteiger partial charge on any atom is 0.240 e. The van der Waals surface area contributed by atoms with E-state index in [4.69, 9.17) is 0 Å². The zero-order chi connectivity index (χ0) is 20.9. The summed E-state index contributed by atoms with van der Waals surface area (Å²) in [6, 6.07) is 16.9. The van der Waals surface area contributed by atoms with E-state index in [1.54, 1.807) is 36.0 Å². The third kappa shape index (κ3) is 6.59. The van der Waals surface area contributed by atoms with Crippen molar-refractivity contribution >= 4 is 27.7 Å². The number of thioether (sulfide) groups is 1. The summed E-state index contributed by atoms with van der Waals surface area (Å²) in [7, 11) is -3.44. The van der Waals surface area contributed by atoms with Crippen molar-refractivity contribution in [1.82, 2.24) is 10.0 Å². The molecule has 0 aliphatic heterocycles. The summed E-state index contributed by atoms with van der Waals surface area (Å²) >= 11 is 1.64. The quantitative estimate of drug-likeness (QED) is 0.600. The Morgan fingerprint density at radius 2 is 1.69 bits per heavy atom. The van der Waals surface area contributed by atoms with Crippen LogP contribution in [0.3, 0.4) is 0 Å². The Balaban J connectivity index is 1.53. The van der Waals surface area contributed by atoms with Crippen LogP contribution in [0.15, 0.2) is 59.5 Å². The molecule has 0 bridgehead atoms. The molecule has 2 aromatic rings. The fraction of sp³-hybridized carbons (Fsp3) is 0.409. The number of hydrogen-bond donors (Lipinski definition) is 2. The van der Waals surface area contributed by atoms with E-state index in [1.807, 2.05) is 18.2 Å². The zero-order valence-electron chi connectivity index (χ0n) is 16.8. The second-order valence-corrected chi connectivity index (χ2v) is 10.6. The Labute approximate surface area is 177 Å². The van der Waals surface area contributed by atoms with Crippen molar-refractivity contribution in [3.63, 3.8) is 0 Å². The number of hydrogen-bond acceptors (Lipinski definition) is 4. The molecule has 1 amide bonds. The van der Waals surface area contributed by atoms with Crippen molar-refractivity contribution in [2.45, 2.75) is 55.2 Å². The molecule has 1 aliphatic carbocycles. The van der Waals surface area contributed by atoms with Gasteiger partial charge in [-0.2, -0.15) is 0 Å². The van der Waals surface area contributed by atoms with Crippen LogP contribution in [0, 0.1) is 5.92 Å².